The fourth-order valence-corrected chi connectivity index (χ4v) is 2.44. The second-order valence-corrected chi connectivity index (χ2v) is 5.22. The Balaban J connectivity index is 2.34. The number of aryl methyl sites for hydroxylation is 3. The molecule has 0 saturated carbocycles. The number of ketones is 1. The lowest BCUT2D eigenvalue weighted by Crippen LogP contribution is -2.08. The molecular weight excluding hydrogens is 232 g/mol. The highest BCUT2D eigenvalue weighted by atomic mass is 16.1. The normalized spacial score (nSPS) is 10.5. The number of carbonyl (C=O) groups is 1. The lowest BCUT2D eigenvalue weighted by atomic mass is 9.93. The van der Waals surface area contributed by atoms with Crippen LogP contribution in [0.2, 0.25) is 0 Å². The lowest BCUT2D eigenvalue weighted by Gasteiger charge is -2.11. The first-order valence-corrected chi connectivity index (χ1v) is 6.65. The van der Waals surface area contributed by atoms with Gasteiger partial charge in [0.2, 0.25) is 0 Å². The first-order chi connectivity index (χ1) is 9.00. The Kier molecular flexibility index (Phi) is 3.84. The molecule has 2 aromatic carbocycles. The number of hydrogen-bond donors (Lipinski definition) is 0. The van der Waals surface area contributed by atoms with E-state index < -0.39 is 0 Å². The van der Waals surface area contributed by atoms with Crippen LogP contribution in [0, 0.1) is 27.7 Å². The van der Waals surface area contributed by atoms with Gasteiger partial charge >= 0.3 is 0 Å². The van der Waals surface area contributed by atoms with Crippen LogP contribution in [0.3, 0.4) is 0 Å². The fraction of sp³-hybridized carbons (Fsp3) is 0.278. The minimum atomic E-state index is 0.207. The van der Waals surface area contributed by atoms with Gasteiger partial charge in [-0.25, -0.2) is 0 Å². The number of rotatable bonds is 3. The molecule has 0 heterocycles. The first kappa shape index (κ1) is 13.5. The van der Waals surface area contributed by atoms with Gasteiger partial charge in [0.25, 0.3) is 0 Å². The summed E-state index contributed by atoms with van der Waals surface area (Å²) in [6.45, 7) is 8.20. The third-order valence-electron chi connectivity index (χ3n) is 3.89. The summed E-state index contributed by atoms with van der Waals surface area (Å²) in [5.74, 6) is 0.207. The summed E-state index contributed by atoms with van der Waals surface area (Å²) in [5, 5.41) is 0. The molecule has 0 aromatic heterocycles. The Morgan fingerprint density at radius 2 is 1.37 bits per heavy atom. The molecule has 0 bridgehead atoms. The molecule has 2 aromatic rings. The largest absolute Gasteiger partial charge is 0.294 e. The molecule has 0 amide bonds. The van der Waals surface area contributed by atoms with Crippen LogP contribution in [0.5, 0.6) is 0 Å². The first-order valence-electron chi connectivity index (χ1n) is 6.65. The third kappa shape index (κ3) is 2.76. The van der Waals surface area contributed by atoms with E-state index in [-0.39, 0.29) is 5.78 Å². The van der Waals surface area contributed by atoms with Crippen LogP contribution < -0.4 is 0 Å². The van der Waals surface area contributed by atoms with E-state index in [1.54, 1.807) is 0 Å². The topological polar surface area (TPSA) is 17.1 Å². The van der Waals surface area contributed by atoms with Gasteiger partial charge in [0.05, 0.1) is 0 Å². The highest BCUT2D eigenvalue weighted by Crippen LogP contribution is 2.19. The minimum Gasteiger partial charge on any atom is -0.294 e. The Hall–Kier alpha value is -1.89. The van der Waals surface area contributed by atoms with E-state index in [0.29, 0.717) is 6.42 Å². The molecule has 19 heavy (non-hydrogen) atoms. The standard InChI is InChI=1S/C18H20O/c1-12-7-6-10-16(15(12)4)18(19)11-17-13(2)8-5-9-14(17)3/h5-10H,11H2,1-4H3. The van der Waals surface area contributed by atoms with E-state index in [1.165, 1.54) is 16.7 Å². The van der Waals surface area contributed by atoms with Gasteiger partial charge in [-0.05, 0) is 55.5 Å². The second kappa shape index (κ2) is 5.40. The van der Waals surface area contributed by atoms with Crippen molar-refractivity contribution in [2.75, 3.05) is 0 Å². The zero-order chi connectivity index (χ0) is 14.0. The van der Waals surface area contributed by atoms with Gasteiger partial charge in [-0.1, -0.05) is 36.4 Å². The number of carbonyl (C=O) groups excluding carboxylic acids is 1. The van der Waals surface area contributed by atoms with E-state index in [9.17, 15) is 4.79 Å². The highest BCUT2D eigenvalue weighted by molar-refractivity contribution is 5.99. The maximum absolute atomic E-state index is 12.5. The predicted molar refractivity (Wildman–Crippen MR) is 79.9 cm³/mol. The van der Waals surface area contributed by atoms with Crippen LogP contribution in [0.1, 0.15) is 38.2 Å². The van der Waals surface area contributed by atoms with Crippen molar-refractivity contribution in [2.45, 2.75) is 34.1 Å². The van der Waals surface area contributed by atoms with Crippen molar-refractivity contribution in [3.63, 3.8) is 0 Å². The Morgan fingerprint density at radius 1 is 0.842 bits per heavy atom. The maximum atomic E-state index is 12.5. The number of hydrogen-bond acceptors (Lipinski definition) is 1. The van der Waals surface area contributed by atoms with Crippen LogP contribution in [0.15, 0.2) is 36.4 Å². The van der Waals surface area contributed by atoms with Crippen molar-refractivity contribution in [2.24, 2.45) is 0 Å². The molecular formula is C18H20O. The molecule has 0 saturated heterocycles. The van der Waals surface area contributed by atoms with E-state index in [0.717, 1.165) is 16.7 Å². The molecule has 2 rings (SSSR count). The Morgan fingerprint density at radius 3 is 2.00 bits per heavy atom. The van der Waals surface area contributed by atoms with Crippen molar-refractivity contribution in [3.05, 3.63) is 69.8 Å². The van der Waals surface area contributed by atoms with E-state index in [4.69, 9.17) is 0 Å². The molecule has 98 valence electrons. The van der Waals surface area contributed by atoms with Crippen molar-refractivity contribution in [3.8, 4) is 0 Å². The molecule has 0 aliphatic rings. The van der Waals surface area contributed by atoms with Gasteiger partial charge in [-0.2, -0.15) is 0 Å². The Bertz CT molecular complexity index is 603. The third-order valence-corrected chi connectivity index (χ3v) is 3.89. The molecule has 0 fully saturated rings. The average Bonchev–Trinajstić information content (AvgIpc) is 2.37. The van der Waals surface area contributed by atoms with Crippen molar-refractivity contribution in [1.29, 1.82) is 0 Å². The van der Waals surface area contributed by atoms with E-state index in [1.807, 2.05) is 38.1 Å². The fourth-order valence-electron chi connectivity index (χ4n) is 2.44. The molecule has 1 heteroatoms. The summed E-state index contributed by atoms with van der Waals surface area (Å²) in [6.07, 6.45) is 0.489. The average molecular weight is 252 g/mol. The summed E-state index contributed by atoms with van der Waals surface area (Å²) in [4.78, 5) is 12.5. The van der Waals surface area contributed by atoms with Gasteiger partial charge in [0.15, 0.2) is 5.78 Å². The molecule has 0 atom stereocenters. The lowest BCUT2D eigenvalue weighted by molar-refractivity contribution is 0.0992. The van der Waals surface area contributed by atoms with Gasteiger partial charge in [-0.3, -0.25) is 4.79 Å². The number of Topliss-reactive ketones (excluding diaryl/α,β-unsaturated/α-hetero) is 1. The smallest absolute Gasteiger partial charge is 0.167 e. The minimum absolute atomic E-state index is 0.207. The zero-order valence-electron chi connectivity index (χ0n) is 12.1. The monoisotopic (exact) mass is 252 g/mol. The van der Waals surface area contributed by atoms with Gasteiger partial charge < -0.3 is 0 Å². The van der Waals surface area contributed by atoms with Gasteiger partial charge in [0, 0.05) is 12.0 Å². The van der Waals surface area contributed by atoms with Crippen LogP contribution in [-0.2, 0) is 6.42 Å². The van der Waals surface area contributed by atoms with E-state index in [2.05, 4.69) is 26.0 Å². The summed E-state index contributed by atoms with van der Waals surface area (Å²) >= 11 is 0. The van der Waals surface area contributed by atoms with Crippen molar-refractivity contribution in [1.82, 2.24) is 0 Å². The summed E-state index contributed by atoms with van der Waals surface area (Å²) in [6, 6.07) is 12.1. The van der Waals surface area contributed by atoms with Crippen molar-refractivity contribution >= 4 is 5.78 Å². The SMILES string of the molecule is Cc1cccc(C(=O)Cc2c(C)cccc2C)c1C. The summed E-state index contributed by atoms with van der Waals surface area (Å²) in [7, 11) is 0. The quantitative estimate of drug-likeness (QED) is 0.742. The van der Waals surface area contributed by atoms with Gasteiger partial charge in [0.1, 0.15) is 0 Å². The van der Waals surface area contributed by atoms with Crippen LogP contribution in [0.4, 0.5) is 0 Å². The van der Waals surface area contributed by atoms with Crippen molar-refractivity contribution < 1.29 is 4.79 Å². The highest BCUT2D eigenvalue weighted by Gasteiger charge is 2.13. The molecule has 0 N–H and O–H groups in total. The number of benzene rings is 2. The second-order valence-electron chi connectivity index (χ2n) is 5.22. The maximum Gasteiger partial charge on any atom is 0.167 e. The molecule has 0 aliphatic heterocycles. The summed E-state index contributed by atoms with van der Waals surface area (Å²) < 4.78 is 0. The molecule has 0 aliphatic carbocycles. The van der Waals surface area contributed by atoms with Crippen LogP contribution in [0.25, 0.3) is 0 Å². The Labute approximate surface area is 115 Å². The molecule has 0 radical (unpaired) electrons. The van der Waals surface area contributed by atoms with Crippen LogP contribution in [-0.4, -0.2) is 5.78 Å². The predicted octanol–water partition coefficient (Wildman–Crippen LogP) is 4.35. The molecule has 1 nitrogen and oxygen atoms in total. The molecule has 0 unspecified atom stereocenters. The van der Waals surface area contributed by atoms with E-state index >= 15 is 0 Å². The summed E-state index contributed by atoms with van der Waals surface area (Å²) in [5.41, 5.74) is 6.67. The van der Waals surface area contributed by atoms with Crippen LogP contribution >= 0.6 is 0 Å². The molecule has 0 spiro atoms. The zero-order valence-corrected chi connectivity index (χ0v) is 12.1. The van der Waals surface area contributed by atoms with Gasteiger partial charge in [-0.15, -0.1) is 0 Å².